The molecule has 6 heteroatoms. The summed E-state index contributed by atoms with van der Waals surface area (Å²) in [6, 6.07) is 2.07. The first-order valence-corrected chi connectivity index (χ1v) is 7.45. The summed E-state index contributed by atoms with van der Waals surface area (Å²) in [4.78, 5) is 9.73. The van der Waals surface area contributed by atoms with Crippen LogP contribution in [0.4, 0.5) is 5.95 Å². The van der Waals surface area contributed by atoms with E-state index in [1.807, 2.05) is 5.38 Å². The number of hydrazine groups is 1. The first-order chi connectivity index (χ1) is 8.24. The standard InChI is InChI=1S/C11H16N4S2/c1-3-7(2)6-17-10-8-4-5-16-9(8)13-11(14-10)15-12/h4-5,7H,3,6,12H2,1-2H3,(H,13,14,15). The molecule has 2 aromatic heterocycles. The highest BCUT2D eigenvalue weighted by Crippen LogP contribution is 2.30. The molecule has 92 valence electrons. The van der Waals surface area contributed by atoms with Gasteiger partial charge in [0.15, 0.2) is 0 Å². The van der Waals surface area contributed by atoms with Crippen LogP contribution in [0.1, 0.15) is 20.3 Å². The van der Waals surface area contributed by atoms with Crippen LogP contribution in [0.2, 0.25) is 0 Å². The van der Waals surface area contributed by atoms with E-state index < -0.39 is 0 Å². The molecule has 0 spiro atoms. The van der Waals surface area contributed by atoms with Crippen LogP contribution in [0.15, 0.2) is 16.5 Å². The van der Waals surface area contributed by atoms with Crippen LogP contribution in [-0.2, 0) is 0 Å². The number of rotatable bonds is 5. The second kappa shape index (κ2) is 5.66. The van der Waals surface area contributed by atoms with E-state index in [0.717, 1.165) is 21.0 Å². The van der Waals surface area contributed by atoms with E-state index in [0.29, 0.717) is 11.9 Å². The maximum absolute atomic E-state index is 5.38. The van der Waals surface area contributed by atoms with Crippen LogP contribution in [0.3, 0.4) is 0 Å². The smallest absolute Gasteiger partial charge is 0.239 e. The Bertz CT molecular complexity index is 497. The van der Waals surface area contributed by atoms with Crippen molar-refractivity contribution in [3.8, 4) is 0 Å². The molecule has 2 aromatic rings. The lowest BCUT2D eigenvalue weighted by atomic mass is 10.2. The molecule has 0 aliphatic heterocycles. The number of thioether (sulfide) groups is 1. The van der Waals surface area contributed by atoms with Crippen LogP contribution >= 0.6 is 23.1 Å². The zero-order valence-corrected chi connectivity index (χ0v) is 11.6. The second-order valence-corrected chi connectivity index (χ2v) is 5.86. The molecule has 0 bridgehead atoms. The molecule has 0 amide bonds. The summed E-state index contributed by atoms with van der Waals surface area (Å²) in [5.74, 6) is 7.64. The minimum absolute atomic E-state index is 0.492. The normalized spacial score (nSPS) is 12.9. The van der Waals surface area contributed by atoms with Crippen LogP contribution < -0.4 is 11.3 Å². The van der Waals surface area contributed by atoms with Crippen LogP contribution in [0, 0.1) is 5.92 Å². The van der Waals surface area contributed by atoms with Crippen molar-refractivity contribution in [2.24, 2.45) is 11.8 Å². The number of nitrogen functional groups attached to an aromatic ring is 1. The third-order valence-electron chi connectivity index (χ3n) is 2.62. The number of hydrogen-bond acceptors (Lipinski definition) is 6. The maximum atomic E-state index is 5.38. The monoisotopic (exact) mass is 268 g/mol. The van der Waals surface area contributed by atoms with Crippen molar-refractivity contribution in [3.05, 3.63) is 11.4 Å². The number of fused-ring (bicyclic) bond motifs is 1. The molecule has 0 aliphatic carbocycles. The van der Waals surface area contributed by atoms with Crippen molar-refractivity contribution in [1.82, 2.24) is 9.97 Å². The topological polar surface area (TPSA) is 63.8 Å². The Labute approximate surface area is 109 Å². The molecule has 4 nitrogen and oxygen atoms in total. The number of nitrogens with one attached hydrogen (secondary N) is 1. The van der Waals surface area contributed by atoms with Gasteiger partial charge in [0.1, 0.15) is 9.86 Å². The fourth-order valence-electron chi connectivity index (χ4n) is 1.34. The highest BCUT2D eigenvalue weighted by atomic mass is 32.2. The number of thiophene rings is 1. The maximum Gasteiger partial charge on any atom is 0.239 e. The lowest BCUT2D eigenvalue weighted by Gasteiger charge is -2.08. The summed E-state index contributed by atoms with van der Waals surface area (Å²) in [6.07, 6.45) is 1.19. The van der Waals surface area contributed by atoms with E-state index in [4.69, 9.17) is 5.84 Å². The Hall–Kier alpha value is -0.850. The molecule has 3 N–H and O–H groups in total. The highest BCUT2D eigenvalue weighted by molar-refractivity contribution is 7.99. The predicted molar refractivity (Wildman–Crippen MR) is 75.4 cm³/mol. The first-order valence-electron chi connectivity index (χ1n) is 5.59. The van der Waals surface area contributed by atoms with Gasteiger partial charge in [-0.25, -0.2) is 15.8 Å². The third-order valence-corrected chi connectivity index (χ3v) is 4.75. The molecule has 1 atom stereocenters. The van der Waals surface area contributed by atoms with Gasteiger partial charge in [-0.05, 0) is 17.4 Å². The molecule has 2 heterocycles. The summed E-state index contributed by atoms with van der Waals surface area (Å²) in [7, 11) is 0. The lowest BCUT2D eigenvalue weighted by molar-refractivity contribution is 0.636. The summed E-state index contributed by atoms with van der Waals surface area (Å²) in [5, 5.41) is 4.18. The van der Waals surface area contributed by atoms with Crippen molar-refractivity contribution in [3.63, 3.8) is 0 Å². The molecule has 0 saturated heterocycles. The average Bonchev–Trinajstić information content (AvgIpc) is 2.83. The number of anilines is 1. The summed E-state index contributed by atoms with van der Waals surface area (Å²) < 4.78 is 0. The zero-order valence-electron chi connectivity index (χ0n) is 9.93. The van der Waals surface area contributed by atoms with E-state index in [9.17, 15) is 0 Å². The zero-order chi connectivity index (χ0) is 12.3. The van der Waals surface area contributed by atoms with Gasteiger partial charge in [0.25, 0.3) is 0 Å². The fraction of sp³-hybridized carbons (Fsp3) is 0.455. The molecule has 2 rings (SSSR count). The summed E-state index contributed by atoms with van der Waals surface area (Å²) >= 11 is 3.39. The van der Waals surface area contributed by atoms with Gasteiger partial charge < -0.3 is 0 Å². The highest BCUT2D eigenvalue weighted by Gasteiger charge is 2.10. The molecule has 0 fully saturated rings. The van der Waals surface area contributed by atoms with E-state index in [1.54, 1.807) is 23.1 Å². The van der Waals surface area contributed by atoms with Gasteiger partial charge in [0.2, 0.25) is 5.95 Å². The molecule has 0 radical (unpaired) electrons. The predicted octanol–water partition coefficient (Wildman–Crippen LogP) is 3.12. The Morgan fingerprint density at radius 2 is 2.35 bits per heavy atom. The van der Waals surface area contributed by atoms with Gasteiger partial charge >= 0.3 is 0 Å². The van der Waals surface area contributed by atoms with E-state index >= 15 is 0 Å². The number of nitrogens with two attached hydrogens (primary N) is 1. The quantitative estimate of drug-likeness (QED) is 0.377. The van der Waals surface area contributed by atoms with Gasteiger partial charge in [-0.15, -0.1) is 23.1 Å². The van der Waals surface area contributed by atoms with Gasteiger partial charge in [-0.2, -0.15) is 0 Å². The Morgan fingerprint density at radius 1 is 1.53 bits per heavy atom. The average molecular weight is 268 g/mol. The third kappa shape index (κ3) is 2.88. The molecule has 0 saturated carbocycles. The van der Waals surface area contributed by atoms with Crippen LogP contribution in [-0.4, -0.2) is 15.7 Å². The van der Waals surface area contributed by atoms with Crippen molar-refractivity contribution >= 4 is 39.3 Å². The van der Waals surface area contributed by atoms with Gasteiger partial charge in [-0.3, -0.25) is 5.43 Å². The van der Waals surface area contributed by atoms with Gasteiger partial charge in [-0.1, -0.05) is 20.3 Å². The lowest BCUT2D eigenvalue weighted by Crippen LogP contribution is -2.10. The van der Waals surface area contributed by atoms with Crippen LogP contribution in [0.25, 0.3) is 10.2 Å². The van der Waals surface area contributed by atoms with Crippen LogP contribution in [0.5, 0.6) is 0 Å². The second-order valence-electron chi connectivity index (χ2n) is 3.96. The molecule has 0 aliphatic rings. The molecule has 17 heavy (non-hydrogen) atoms. The van der Waals surface area contributed by atoms with Gasteiger partial charge in [0.05, 0.1) is 0 Å². The molecule has 0 aromatic carbocycles. The van der Waals surface area contributed by atoms with Crippen molar-refractivity contribution in [1.29, 1.82) is 0 Å². The number of hydrogen-bond donors (Lipinski definition) is 2. The SMILES string of the molecule is CCC(C)CSc1nc(NN)nc2sccc12. The largest absolute Gasteiger partial charge is 0.292 e. The summed E-state index contributed by atoms with van der Waals surface area (Å²) in [6.45, 7) is 4.46. The Kier molecular flexibility index (Phi) is 4.20. The van der Waals surface area contributed by atoms with E-state index in [1.165, 1.54) is 6.42 Å². The number of aromatic nitrogens is 2. The molecular weight excluding hydrogens is 252 g/mol. The van der Waals surface area contributed by atoms with Crippen molar-refractivity contribution in [2.45, 2.75) is 25.3 Å². The van der Waals surface area contributed by atoms with Gasteiger partial charge in [0, 0.05) is 11.1 Å². The fourth-order valence-corrected chi connectivity index (χ4v) is 3.32. The van der Waals surface area contributed by atoms with E-state index in [2.05, 4.69) is 35.3 Å². The molecule has 1 unspecified atom stereocenters. The number of nitrogens with zero attached hydrogens (tertiary/aromatic N) is 2. The Morgan fingerprint density at radius 3 is 3.06 bits per heavy atom. The Balaban J connectivity index is 2.27. The van der Waals surface area contributed by atoms with Crippen molar-refractivity contribution < 1.29 is 0 Å². The first kappa shape index (κ1) is 12.6. The summed E-state index contributed by atoms with van der Waals surface area (Å²) in [5.41, 5.74) is 2.52. The molecular formula is C11H16N4S2. The minimum atomic E-state index is 0.492. The van der Waals surface area contributed by atoms with E-state index in [-0.39, 0.29) is 0 Å². The van der Waals surface area contributed by atoms with Crippen molar-refractivity contribution in [2.75, 3.05) is 11.2 Å². The minimum Gasteiger partial charge on any atom is -0.292 e.